The number of rotatable bonds is 3. The van der Waals surface area contributed by atoms with E-state index in [-0.39, 0.29) is 24.4 Å². The van der Waals surface area contributed by atoms with E-state index < -0.39 is 17.4 Å². The highest BCUT2D eigenvalue weighted by Crippen LogP contribution is 2.19. The Morgan fingerprint density at radius 2 is 2.13 bits per heavy atom. The summed E-state index contributed by atoms with van der Waals surface area (Å²) in [5.74, 6) is -1.59. The first-order valence-electron chi connectivity index (χ1n) is 7.48. The lowest BCUT2D eigenvalue weighted by Crippen LogP contribution is -2.43. The van der Waals surface area contributed by atoms with E-state index in [0.29, 0.717) is 36.2 Å². The van der Waals surface area contributed by atoms with Crippen LogP contribution in [-0.4, -0.2) is 40.0 Å². The zero-order valence-electron chi connectivity index (χ0n) is 13.2. The van der Waals surface area contributed by atoms with Crippen molar-refractivity contribution < 1.29 is 14.7 Å². The highest BCUT2D eigenvalue weighted by Gasteiger charge is 2.28. The Hall–Kier alpha value is -2.62. The number of aromatic amines is 1. The summed E-state index contributed by atoms with van der Waals surface area (Å²) in [6, 6.07) is 1.86. The predicted octanol–water partition coefficient (Wildman–Crippen LogP) is 0.729. The van der Waals surface area contributed by atoms with Crippen molar-refractivity contribution in [1.82, 2.24) is 9.88 Å². The first-order chi connectivity index (χ1) is 10.8. The molecule has 23 heavy (non-hydrogen) atoms. The van der Waals surface area contributed by atoms with Gasteiger partial charge >= 0.3 is 5.97 Å². The first kappa shape index (κ1) is 16.7. The summed E-state index contributed by atoms with van der Waals surface area (Å²) in [5.41, 5.74) is 1.26. The van der Waals surface area contributed by atoms with Gasteiger partial charge < -0.3 is 15.0 Å². The van der Waals surface area contributed by atoms with E-state index in [0.717, 1.165) is 0 Å². The zero-order chi connectivity index (χ0) is 17.1. The molecule has 1 aliphatic heterocycles. The van der Waals surface area contributed by atoms with Crippen LogP contribution in [0.2, 0.25) is 0 Å². The standard InChI is InChI=1S/C16H19N3O4/c1-9-12(10(2)18-15(21)13(9)7-17)6-14(20)19-5-3-4-11(8-19)16(22)23/h11H,3-6,8H2,1-2H3,(H,18,21)(H,22,23). The average molecular weight is 317 g/mol. The molecule has 1 fully saturated rings. The van der Waals surface area contributed by atoms with Gasteiger partial charge in [-0.3, -0.25) is 14.4 Å². The zero-order valence-corrected chi connectivity index (χ0v) is 13.2. The van der Waals surface area contributed by atoms with E-state index in [9.17, 15) is 14.4 Å². The third kappa shape index (κ3) is 3.42. The van der Waals surface area contributed by atoms with Crippen LogP contribution in [0.5, 0.6) is 0 Å². The summed E-state index contributed by atoms with van der Waals surface area (Å²) < 4.78 is 0. The molecule has 1 aromatic rings. The molecule has 0 aliphatic carbocycles. The molecular weight excluding hydrogens is 298 g/mol. The Kier molecular flexibility index (Phi) is 4.84. The second-order valence-corrected chi connectivity index (χ2v) is 5.86. The maximum absolute atomic E-state index is 12.5. The number of nitrogens with one attached hydrogen (secondary N) is 1. The third-order valence-electron chi connectivity index (χ3n) is 4.37. The van der Waals surface area contributed by atoms with Crippen LogP contribution in [0, 0.1) is 31.1 Å². The fourth-order valence-electron chi connectivity index (χ4n) is 2.98. The fraction of sp³-hybridized carbons (Fsp3) is 0.500. The molecule has 1 atom stereocenters. The second-order valence-electron chi connectivity index (χ2n) is 5.86. The highest BCUT2D eigenvalue weighted by atomic mass is 16.4. The van der Waals surface area contributed by atoms with Crippen molar-refractivity contribution in [1.29, 1.82) is 5.26 Å². The fourth-order valence-corrected chi connectivity index (χ4v) is 2.98. The number of pyridine rings is 1. The minimum absolute atomic E-state index is 0.0143. The van der Waals surface area contributed by atoms with Gasteiger partial charge in [0.2, 0.25) is 5.91 Å². The SMILES string of the molecule is Cc1[nH]c(=O)c(C#N)c(C)c1CC(=O)N1CCCC(C(=O)O)C1. The molecule has 1 amide bonds. The molecule has 1 unspecified atom stereocenters. The van der Waals surface area contributed by atoms with Crippen LogP contribution in [0.15, 0.2) is 4.79 Å². The number of carbonyl (C=O) groups excluding carboxylic acids is 1. The molecular formula is C16H19N3O4. The Labute approximate surface area is 133 Å². The van der Waals surface area contributed by atoms with Gasteiger partial charge in [-0.1, -0.05) is 0 Å². The Morgan fingerprint density at radius 3 is 2.74 bits per heavy atom. The Balaban J connectivity index is 2.23. The number of piperidine rings is 1. The number of amides is 1. The molecule has 7 nitrogen and oxygen atoms in total. The number of carboxylic acid groups (broad SMARTS) is 1. The van der Waals surface area contributed by atoms with Crippen LogP contribution < -0.4 is 5.56 Å². The summed E-state index contributed by atoms with van der Waals surface area (Å²) in [4.78, 5) is 39.4. The van der Waals surface area contributed by atoms with E-state index in [1.807, 2.05) is 6.07 Å². The van der Waals surface area contributed by atoms with E-state index in [1.54, 1.807) is 18.7 Å². The molecule has 2 heterocycles. The van der Waals surface area contributed by atoms with Gasteiger partial charge in [0, 0.05) is 18.8 Å². The lowest BCUT2D eigenvalue weighted by molar-refractivity contribution is -0.145. The quantitative estimate of drug-likeness (QED) is 0.853. The van der Waals surface area contributed by atoms with Crippen LogP contribution in [-0.2, 0) is 16.0 Å². The topological polar surface area (TPSA) is 114 Å². The molecule has 0 spiro atoms. The third-order valence-corrected chi connectivity index (χ3v) is 4.37. The van der Waals surface area contributed by atoms with Crippen LogP contribution in [0.25, 0.3) is 0 Å². The summed E-state index contributed by atoms with van der Waals surface area (Å²) in [6.07, 6.45) is 1.29. The number of aliphatic carboxylic acids is 1. The molecule has 0 aromatic carbocycles. The number of aromatic nitrogens is 1. The molecule has 7 heteroatoms. The van der Waals surface area contributed by atoms with E-state index in [4.69, 9.17) is 10.4 Å². The number of nitriles is 1. The number of carboxylic acids is 1. The van der Waals surface area contributed by atoms with Crippen molar-refractivity contribution >= 4 is 11.9 Å². The van der Waals surface area contributed by atoms with Crippen molar-refractivity contribution in [2.45, 2.75) is 33.1 Å². The molecule has 1 aliphatic rings. The van der Waals surface area contributed by atoms with Crippen LogP contribution in [0.3, 0.4) is 0 Å². The number of likely N-dealkylation sites (tertiary alicyclic amines) is 1. The summed E-state index contributed by atoms with van der Waals surface area (Å²) >= 11 is 0. The molecule has 0 bridgehead atoms. The summed E-state index contributed by atoms with van der Waals surface area (Å²) in [5, 5.41) is 18.2. The first-order valence-corrected chi connectivity index (χ1v) is 7.48. The minimum Gasteiger partial charge on any atom is -0.481 e. The van der Waals surface area contributed by atoms with Gasteiger partial charge in [-0.05, 0) is 37.8 Å². The Morgan fingerprint density at radius 1 is 1.43 bits per heavy atom. The lowest BCUT2D eigenvalue weighted by atomic mass is 9.96. The maximum atomic E-state index is 12.5. The van der Waals surface area contributed by atoms with Gasteiger partial charge in [-0.2, -0.15) is 5.26 Å². The lowest BCUT2D eigenvalue weighted by Gasteiger charge is -2.31. The van der Waals surface area contributed by atoms with Gasteiger partial charge in [0.25, 0.3) is 5.56 Å². The largest absolute Gasteiger partial charge is 0.481 e. The van der Waals surface area contributed by atoms with E-state index in [2.05, 4.69) is 4.98 Å². The van der Waals surface area contributed by atoms with Crippen LogP contribution in [0.1, 0.15) is 35.2 Å². The van der Waals surface area contributed by atoms with Crippen molar-refractivity contribution in [2.24, 2.45) is 5.92 Å². The van der Waals surface area contributed by atoms with E-state index in [1.165, 1.54) is 0 Å². The number of carbonyl (C=O) groups is 2. The normalized spacial score (nSPS) is 17.6. The monoisotopic (exact) mass is 317 g/mol. The molecule has 1 aromatic heterocycles. The number of nitrogens with zero attached hydrogens (tertiary/aromatic N) is 2. The van der Waals surface area contributed by atoms with Gasteiger partial charge in [-0.15, -0.1) is 0 Å². The molecule has 2 rings (SSSR count). The van der Waals surface area contributed by atoms with Gasteiger partial charge in [0.05, 0.1) is 12.3 Å². The van der Waals surface area contributed by atoms with Gasteiger partial charge in [0.1, 0.15) is 11.6 Å². The summed E-state index contributed by atoms with van der Waals surface area (Å²) in [6.45, 7) is 4.09. The van der Waals surface area contributed by atoms with Crippen molar-refractivity contribution in [2.75, 3.05) is 13.1 Å². The molecule has 0 saturated carbocycles. The second kappa shape index (κ2) is 6.65. The van der Waals surface area contributed by atoms with E-state index >= 15 is 0 Å². The number of H-pyrrole nitrogens is 1. The maximum Gasteiger partial charge on any atom is 0.308 e. The number of hydrogen-bond acceptors (Lipinski definition) is 4. The summed E-state index contributed by atoms with van der Waals surface area (Å²) in [7, 11) is 0. The highest BCUT2D eigenvalue weighted by molar-refractivity contribution is 5.81. The van der Waals surface area contributed by atoms with Crippen molar-refractivity contribution in [3.05, 3.63) is 32.7 Å². The minimum atomic E-state index is -0.884. The smallest absolute Gasteiger partial charge is 0.308 e. The predicted molar refractivity (Wildman–Crippen MR) is 81.9 cm³/mol. The van der Waals surface area contributed by atoms with Crippen molar-refractivity contribution in [3.63, 3.8) is 0 Å². The molecule has 0 radical (unpaired) electrons. The Bertz CT molecular complexity index is 745. The van der Waals surface area contributed by atoms with Gasteiger partial charge in [0.15, 0.2) is 0 Å². The number of aryl methyl sites for hydroxylation is 1. The average Bonchev–Trinajstić information content (AvgIpc) is 2.51. The molecule has 1 saturated heterocycles. The van der Waals surface area contributed by atoms with Crippen LogP contribution in [0.4, 0.5) is 0 Å². The van der Waals surface area contributed by atoms with Gasteiger partial charge in [-0.25, -0.2) is 0 Å². The van der Waals surface area contributed by atoms with Crippen molar-refractivity contribution in [3.8, 4) is 6.07 Å². The molecule has 2 N–H and O–H groups in total. The van der Waals surface area contributed by atoms with Crippen LogP contribution >= 0.6 is 0 Å². The molecule has 122 valence electrons. The number of hydrogen-bond donors (Lipinski definition) is 2.